The third kappa shape index (κ3) is 4.07. The number of halogens is 2. The average Bonchev–Trinajstić information content (AvgIpc) is 3.21. The first-order valence-electron chi connectivity index (χ1n) is 8.99. The van der Waals surface area contributed by atoms with Crippen LogP contribution in [0.5, 0.6) is 5.75 Å². The van der Waals surface area contributed by atoms with Gasteiger partial charge in [-0.2, -0.15) is 0 Å². The molecular formula is C22H14Cl2N2O4S. The standard InChI is InChI=1S/C22H14Cl2N2O4S/c1-29-19-5-3-2-4-17(19)26-21(28)15(20(27)25-22(26)31)11-13-7-9-18(30-13)14-10-12(23)6-8-16(14)24/h2-11H,1H3,(H,25,27,31)/b15-11+. The fraction of sp³-hybridized carbons (Fsp3) is 0.0455. The van der Waals surface area contributed by atoms with Crippen LogP contribution in [-0.2, 0) is 9.59 Å². The van der Waals surface area contributed by atoms with Gasteiger partial charge >= 0.3 is 0 Å². The number of nitrogens with zero attached hydrogens (tertiary/aromatic N) is 1. The van der Waals surface area contributed by atoms with E-state index in [9.17, 15) is 9.59 Å². The number of thiocarbonyl (C=S) groups is 1. The molecule has 1 aromatic heterocycles. The predicted molar refractivity (Wildman–Crippen MR) is 123 cm³/mol. The van der Waals surface area contributed by atoms with Gasteiger partial charge in [0.15, 0.2) is 5.11 Å². The maximum Gasteiger partial charge on any atom is 0.270 e. The Kier molecular flexibility index (Phi) is 5.82. The van der Waals surface area contributed by atoms with Gasteiger partial charge in [0.2, 0.25) is 0 Å². The van der Waals surface area contributed by atoms with Crippen molar-refractivity contribution in [2.24, 2.45) is 0 Å². The summed E-state index contributed by atoms with van der Waals surface area (Å²) < 4.78 is 11.1. The molecule has 31 heavy (non-hydrogen) atoms. The molecule has 2 amide bonds. The number of nitrogens with one attached hydrogen (secondary N) is 1. The molecule has 1 fully saturated rings. The van der Waals surface area contributed by atoms with Crippen molar-refractivity contribution < 1.29 is 18.7 Å². The summed E-state index contributed by atoms with van der Waals surface area (Å²) in [6.45, 7) is 0. The number of hydrogen-bond donors (Lipinski definition) is 1. The number of methoxy groups -OCH3 is 1. The van der Waals surface area contributed by atoms with Gasteiger partial charge in [-0.3, -0.25) is 14.9 Å². The van der Waals surface area contributed by atoms with Crippen molar-refractivity contribution in [1.82, 2.24) is 5.32 Å². The minimum absolute atomic E-state index is 0.0394. The molecule has 3 aromatic rings. The quantitative estimate of drug-likeness (QED) is 0.325. The van der Waals surface area contributed by atoms with E-state index in [0.717, 1.165) is 0 Å². The number of carbonyl (C=O) groups is 2. The minimum Gasteiger partial charge on any atom is -0.495 e. The van der Waals surface area contributed by atoms with Crippen molar-refractivity contribution in [2.45, 2.75) is 0 Å². The highest BCUT2D eigenvalue weighted by Crippen LogP contribution is 2.33. The van der Waals surface area contributed by atoms with Crippen molar-refractivity contribution in [1.29, 1.82) is 0 Å². The van der Waals surface area contributed by atoms with Crippen LogP contribution in [0, 0.1) is 0 Å². The Labute approximate surface area is 193 Å². The van der Waals surface area contributed by atoms with Crippen molar-refractivity contribution in [3.05, 3.63) is 76.0 Å². The van der Waals surface area contributed by atoms with E-state index in [1.807, 2.05) is 0 Å². The van der Waals surface area contributed by atoms with Gasteiger partial charge < -0.3 is 9.15 Å². The van der Waals surface area contributed by atoms with Gasteiger partial charge in [-0.05, 0) is 60.8 Å². The third-order valence-electron chi connectivity index (χ3n) is 4.53. The molecule has 6 nitrogen and oxygen atoms in total. The Hall–Kier alpha value is -3.13. The number of ether oxygens (including phenoxy) is 1. The van der Waals surface area contributed by atoms with Crippen LogP contribution in [0.25, 0.3) is 17.4 Å². The molecule has 4 rings (SSSR count). The number of furan rings is 1. The second-order valence-corrected chi connectivity index (χ2v) is 7.69. The maximum absolute atomic E-state index is 13.2. The zero-order chi connectivity index (χ0) is 22.1. The Morgan fingerprint density at radius 2 is 1.87 bits per heavy atom. The predicted octanol–water partition coefficient (Wildman–Crippen LogP) is 5.09. The van der Waals surface area contributed by atoms with Gasteiger partial charge in [0, 0.05) is 10.6 Å². The van der Waals surface area contributed by atoms with Gasteiger partial charge in [0.05, 0.1) is 17.8 Å². The Morgan fingerprint density at radius 1 is 1.10 bits per heavy atom. The summed E-state index contributed by atoms with van der Waals surface area (Å²) in [6, 6.07) is 15.2. The molecule has 9 heteroatoms. The lowest BCUT2D eigenvalue weighted by molar-refractivity contribution is -0.122. The molecule has 0 aliphatic carbocycles. The SMILES string of the molecule is COc1ccccc1N1C(=O)/C(=C/c2ccc(-c3cc(Cl)ccc3Cl)o2)C(=O)NC1=S. The minimum atomic E-state index is -0.625. The zero-order valence-electron chi connectivity index (χ0n) is 16.0. The summed E-state index contributed by atoms with van der Waals surface area (Å²) in [6.07, 6.45) is 1.35. The zero-order valence-corrected chi connectivity index (χ0v) is 18.3. The normalized spacial score (nSPS) is 15.4. The van der Waals surface area contributed by atoms with E-state index < -0.39 is 11.8 Å². The van der Waals surface area contributed by atoms with Crippen molar-refractivity contribution in [2.75, 3.05) is 12.0 Å². The van der Waals surface area contributed by atoms with E-state index in [2.05, 4.69) is 5.32 Å². The molecule has 0 radical (unpaired) electrons. The summed E-state index contributed by atoms with van der Waals surface area (Å²) in [5.74, 6) is -0.0566. The molecule has 0 bridgehead atoms. The lowest BCUT2D eigenvalue weighted by Gasteiger charge is -2.29. The molecule has 156 valence electrons. The number of benzene rings is 2. The second kappa shape index (κ2) is 8.55. The van der Waals surface area contributed by atoms with E-state index in [1.54, 1.807) is 54.6 Å². The van der Waals surface area contributed by atoms with Crippen LogP contribution >= 0.6 is 35.4 Å². The van der Waals surface area contributed by atoms with Crippen molar-refractivity contribution >= 4 is 64.1 Å². The molecule has 0 unspecified atom stereocenters. The van der Waals surface area contributed by atoms with Gasteiger partial charge in [0.1, 0.15) is 22.8 Å². The molecule has 0 saturated carbocycles. The largest absolute Gasteiger partial charge is 0.495 e. The smallest absolute Gasteiger partial charge is 0.270 e. The fourth-order valence-corrected chi connectivity index (χ4v) is 3.75. The highest BCUT2D eigenvalue weighted by molar-refractivity contribution is 7.80. The number of anilines is 1. The Balaban J connectivity index is 1.71. The summed E-state index contributed by atoms with van der Waals surface area (Å²) in [7, 11) is 1.48. The van der Waals surface area contributed by atoms with Gasteiger partial charge in [-0.15, -0.1) is 0 Å². The van der Waals surface area contributed by atoms with Crippen LogP contribution in [-0.4, -0.2) is 24.0 Å². The number of rotatable bonds is 4. The van der Waals surface area contributed by atoms with Crippen LogP contribution in [0.15, 0.2) is 64.6 Å². The van der Waals surface area contributed by atoms with Crippen LogP contribution in [0.3, 0.4) is 0 Å². The average molecular weight is 473 g/mol. The first-order valence-corrected chi connectivity index (χ1v) is 10.1. The highest BCUT2D eigenvalue weighted by atomic mass is 35.5. The van der Waals surface area contributed by atoms with E-state index >= 15 is 0 Å². The molecule has 1 aliphatic heterocycles. The van der Waals surface area contributed by atoms with Crippen molar-refractivity contribution in [3.8, 4) is 17.1 Å². The van der Waals surface area contributed by atoms with E-state index in [0.29, 0.717) is 32.8 Å². The summed E-state index contributed by atoms with van der Waals surface area (Å²) in [4.78, 5) is 26.9. The maximum atomic E-state index is 13.2. The molecule has 1 saturated heterocycles. The van der Waals surface area contributed by atoms with Gasteiger partial charge in [-0.1, -0.05) is 35.3 Å². The third-order valence-corrected chi connectivity index (χ3v) is 5.38. The summed E-state index contributed by atoms with van der Waals surface area (Å²) in [5, 5.41) is 3.44. The van der Waals surface area contributed by atoms with Crippen LogP contribution in [0.4, 0.5) is 5.69 Å². The Bertz CT molecular complexity index is 1250. The van der Waals surface area contributed by atoms with E-state index in [-0.39, 0.29) is 16.4 Å². The molecule has 0 atom stereocenters. The Morgan fingerprint density at radius 3 is 2.65 bits per heavy atom. The van der Waals surface area contributed by atoms with E-state index in [1.165, 1.54) is 18.1 Å². The van der Waals surface area contributed by atoms with E-state index in [4.69, 9.17) is 44.6 Å². The van der Waals surface area contributed by atoms with Gasteiger partial charge in [-0.25, -0.2) is 4.90 Å². The first kappa shape index (κ1) is 21.1. The molecule has 1 aliphatic rings. The molecule has 2 heterocycles. The lowest BCUT2D eigenvalue weighted by atomic mass is 10.1. The van der Waals surface area contributed by atoms with Crippen LogP contribution in [0.2, 0.25) is 10.0 Å². The fourth-order valence-electron chi connectivity index (χ4n) is 3.09. The second-order valence-electron chi connectivity index (χ2n) is 6.46. The number of carbonyl (C=O) groups excluding carboxylic acids is 2. The monoisotopic (exact) mass is 472 g/mol. The molecule has 1 N–H and O–H groups in total. The number of hydrogen-bond acceptors (Lipinski definition) is 5. The first-order chi connectivity index (χ1) is 14.9. The topological polar surface area (TPSA) is 71.8 Å². The molecular weight excluding hydrogens is 459 g/mol. The number of amides is 2. The number of para-hydroxylation sites is 2. The highest BCUT2D eigenvalue weighted by Gasteiger charge is 2.36. The van der Waals surface area contributed by atoms with Gasteiger partial charge in [0.25, 0.3) is 11.8 Å². The summed E-state index contributed by atoms with van der Waals surface area (Å²) in [5.41, 5.74) is 0.865. The summed E-state index contributed by atoms with van der Waals surface area (Å²) >= 11 is 17.5. The van der Waals surface area contributed by atoms with Crippen molar-refractivity contribution in [3.63, 3.8) is 0 Å². The lowest BCUT2D eigenvalue weighted by Crippen LogP contribution is -2.54. The molecule has 0 spiro atoms. The van der Waals surface area contributed by atoms with Crippen LogP contribution < -0.4 is 15.0 Å². The molecule has 2 aromatic carbocycles. The van der Waals surface area contributed by atoms with Crippen LogP contribution in [0.1, 0.15) is 5.76 Å².